The zero-order valence-corrected chi connectivity index (χ0v) is 18.9. The van der Waals surface area contributed by atoms with Crippen LogP contribution < -0.4 is 4.90 Å². The van der Waals surface area contributed by atoms with Crippen LogP contribution in [0.1, 0.15) is 53.9 Å². The summed E-state index contributed by atoms with van der Waals surface area (Å²) < 4.78 is 1.93. The number of benzene rings is 2. The minimum absolute atomic E-state index is 0.0794. The molecule has 1 unspecified atom stereocenters. The van der Waals surface area contributed by atoms with Crippen molar-refractivity contribution in [1.82, 2.24) is 19.7 Å². The Hall–Kier alpha value is -3.05. The Morgan fingerprint density at radius 1 is 1.19 bits per heavy atom. The summed E-state index contributed by atoms with van der Waals surface area (Å²) in [5, 5.41) is 5.56. The van der Waals surface area contributed by atoms with Gasteiger partial charge in [0, 0.05) is 29.0 Å². The van der Waals surface area contributed by atoms with Crippen LogP contribution in [0.5, 0.6) is 0 Å². The van der Waals surface area contributed by atoms with Crippen LogP contribution in [0.3, 0.4) is 0 Å². The highest BCUT2D eigenvalue weighted by molar-refractivity contribution is 6.31. The van der Waals surface area contributed by atoms with Gasteiger partial charge in [-0.15, -0.1) is 0 Å². The summed E-state index contributed by atoms with van der Waals surface area (Å²) in [5.41, 5.74) is 9.43. The molecule has 1 atom stereocenters. The van der Waals surface area contributed by atoms with Gasteiger partial charge in [0.2, 0.25) is 0 Å². The van der Waals surface area contributed by atoms with E-state index in [4.69, 9.17) is 16.7 Å². The van der Waals surface area contributed by atoms with E-state index >= 15 is 0 Å². The topological polar surface area (TPSA) is 49.7 Å². The van der Waals surface area contributed by atoms with Crippen molar-refractivity contribution in [3.8, 4) is 0 Å². The molecule has 1 aliphatic rings. The van der Waals surface area contributed by atoms with Gasteiger partial charge < -0.3 is 9.88 Å². The van der Waals surface area contributed by atoms with Gasteiger partial charge >= 0.3 is 0 Å². The second kappa shape index (κ2) is 7.57. The second-order valence-corrected chi connectivity index (χ2v) is 8.66. The highest BCUT2D eigenvalue weighted by Gasteiger charge is 2.40. The highest BCUT2D eigenvalue weighted by atomic mass is 35.5. The van der Waals surface area contributed by atoms with Crippen LogP contribution in [0.15, 0.2) is 49.3 Å². The van der Waals surface area contributed by atoms with E-state index in [0.717, 1.165) is 57.2 Å². The van der Waals surface area contributed by atoms with E-state index in [1.165, 1.54) is 17.5 Å². The molecule has 158 valence electrons. The lowest BCUT2D eigenvalue weighted by Gasteiger charge is -2.30. The van der Waals surface area contributed by atoms with Crippen LogP contribution in [0, 0.1) is 6.92 Å². The van der Waals surface area contributed by atoms with E-state index in [-0.39, 0.29) is 6.04 Å². The first-order chi connectivity index (χ1) is 15.0. The van der Waals surface area contributed by atoms with Crippen LogP contribution >= 0.6 is 11.6 Å². The van der Waals surface area contributed by atoms with Crippen LogP contribution in [0.2, 0.25) is 5.02 Å². The van der Waals surface area contributed by atoms with Crippen molar-refractivity contribution in [2.24, 2.45) is 7.05 Å². The number of nitrogens with zero attached hydrogens (tertiary/aromatic N) is 4. The molecule has 31 heavy (non-hydrogen) atoms. The molecule has 0 saturated carbocycles. The van der Waals surface area contributed by atoms with Crippen LogP contribution in [0.25, 0.3) is 16.7 Å². The van der Waals surface area contributed by atoms with Gasteiger partial charge in [-0.3, -0.25) is 4.68 Å². The molecule has 0 fully saturated rings. The lowest BCUT2D eigenvalue weighted by Crippen LogP contribution is -2.23. The minimum atomic E-state index is -0.0794. The van der Waals surface area contributed by atoms with E-state index in [1.807, 2.05) is 17.8 Å². The molecule has 1 aliphatic heterocycles. The normalized spacial score (nSPS) is 15.8. The molecule has 0 radical (unpaired) electrons. The number of halogens is 1. The van der Waals surface area contributed by atoms with Crippen molar-refractivity contribution in [3.05, 3.63) is 82.4 Å². The molecule has 6 heteroatoms. The van der Waals surface area contributed by atoms with E-state index in [9.17, 15) is 0 Å². The molecule has 2 aromatic heterocycles. The zero-order chi connectivity index (χ0) is 21.7. The molecule has 5 rings (SSSR count). The lowest BCUT2D eigenvalue weighted by atomic mass is 9.96. The first-order valence-electron chi connectivity index (χ1n) is 10.7. The van der Waals surface area contributed by atoms with E-state index < -0.39 is 0 Å². The first-order valence-corrected chi connectivity index (χ1v) is 11.1. The molecule has 0 saturated heterocycles. The van der Waals surface area contributed by atoms with Gasteiger partial charge in [-0.25, -0.2) is 4.98 Å². The van der Waals surface area contributed by atoms with Crippen molar-refractivity contribution in [2.75, 3.05) is 4.90 Å². The van der Waals surface area contributed by atoms with Gasteiger partial charge in [0.1, 0.15) is 5.69 Å². The molecule has 1 N–H and O–H groups in total. The molecule has 0 amide bonds. The SMILES string of the molecule is C=C1c2nn(C)c(C)c2C(c2ccc(CCCC)cc2Cl)N1c1ccc2nc[nH]c2c1. The number of anilines is 1. The Bertz CT molecular complexity index is 1300. The summed E-state index contributed by atoms with van der Waals surface area (Å²) in [6.07, 6.45) is 5.10. The van der Waals surface area contributed by atoms with Gasteiger partial charge in [0.15, 0.2) is 0 Å². The third-order valence-corrected chi connectivity index (χ3v) is 6.66. The second-order valence-electron chi connectivity index (χ2n) is 8.25. The number of hydrogen-bond donors (Lipinski definition) is 1. The highest BCUT2D eigenvalue weighted by Crippen LogP contribution is 2.49. The first kappa shape index (κ1) is 19.9. The van der Waals surface area contributed by atoms with Gasteiger partial charge in [0.25, 0.3) is 0 Å². The van der Waals surface area contributed by atoms with E-state index in [2.05, 4.69) is 65.6 Å². The van der Waals surface area contributed by atoms with Crippen LogP contribution in [0.4, 0.5) is 5.69 Å². The fourth-order valence-corrected chi connectivity index (χ4v) is 4.87. The summed E-state index contributed by atoms with van der Waals surface area (Å²) in [5.74, 6) is 0. The number of aromatic nitrogens is 4. The number of aryl methyl sites for hydroxylation is 2. The average Bonchev–Trinajstić information content (AvgIpc) is 3.42. The van der Waals surface area contributed by atoms with Gasteiger partial charge in [-0.05, 0) is 55.2 Å². The number of unbranched alkanes of at least 4 members (excludes halogenated alkanes) is 1. The van der Waals surface area contributed by atoms with Crippen molar-refractivity contribution in [1.29, 1.82) is 0 Å². The fourth-order valence-electron chi connectivity index (χ4n) is 4.57. The largest absolute Gasteiger partial charge is 0.345 e. The number of nitrogens with one attached hydrogen (secondary N) is 1. The maximum absolute atomic E-state index is 6.89. The minimum Gasteiger partial charge on any atom is -0.345 e. The Balaban J connectivity index is 1.66. The van der Waals surface area contributed by atoms with Gasteiger partial charge in [0.05, 0.1) is 29.1 Å². The number of hydrogen-bond acceptors (Lipinski definition) is 3. The van der Waals surface area contributed by atoms with E-state index in [1.54, 1.807) is 6.33 Å². The number of H-pyrrole nitrogens is 1. The molecule has 2 aromatic carbocycles. The van der Waals surface area contributed by atoms with Gasteiger partial charge in [-0.2, -0.15) is 5.10 Å². The summed E-state index contributed by atoms with van der Waals surface area (Å²) in [6.45, 7) is 8.74. The van der Waals surface area contributed by atoms with Gasteiger partial charge in [-0.1, -0.05) is 43.7 Å². The Morgan fingerprint density at radius 2 is 2.03 bits per heavy atom. The molecule has 0 aliphatic carbocycles. The van der Waals surface area contributed by atoms with Crippen LogP contribution in [-0.4, -0.2) is 19.7 Å². The standard InChI is InChI=1S/C25H26ClN5/c1-5-6-7-17-8-10-19(20(26)12-17)25-23-15(2)30(4)29-24(23)16(3)31(25)18-9-11-21-22(13-18)28-14-27-21/h8-14,25H,3,5-7H2,1-2,4H3,(H,27,28). The van der Waals surface area contributed by atoms with Crippen LogP contribution in [-0.2, 0) is 13.5 Å². The average molecular weight is 432 g/mol. The quantitative estimate of drug-likeness (QED) is 0.410. The lowest BCUT2D eigenvalue weighted by molar-refractivity contribution is 0.722. The third kappa shape index (κ3) is 3.15. The maximum atomic E-state index is 6.89. The summed E-state index contributed by atoms with van der Waals surface area (Å²) >= 11 is 6.89. The van der Waals surface area contributed by atoms with Crippen molar-refractivity contribution in [3.63, 3.8) is 0 Å². The molecular weight excluding hydrogens is 406 g/mol. The molecule has 0 spiro atoms. The Morgan fingerprint density at radius 3 is 2.81 bits per heavy atom. The number of aromatic amines is 1. The van der Waals surface area contributed by atoms with Crippen molar-refractivity contribution < 1.29 is 0 Å². The summed E-state index contributed by atoms with van der Waals surface area (Å²) in [6, 6.07) is 12.7. The number of imidazole rings is 1. The predicted molar refractivity (Wildman–Crippen MR) is 127 cm³/mol. The smallest absolute Gasteiger partial charge is 0.114 e. The molecule has 0 bridgehead atoms. The third-order valence-electron chi connectivity index (χ3n) is 6.34. The Kier molecular flexibility index (Phi) is 4.86. The zero-order valence-electron chi connectivity index (χ0n) is 18.1. The number of rotatable bonds is 5. The fraction of sp³-hybridized carbons (Fsp3) is 0.280. The molecule has 3 heterocycles. The summed E-state index contributed by atoms with van der Waals surface area (Å²) in [4.78, 5) is 9.81. The molecule has 4 aromatic rings. The van der Waals surface area contributed by atoms with E-state index in [0.29, 0.717) is 0 Å². The maximum Gasteiger partial charge on any atom is 0.114 e. The van der Waals surface area contributed by atoms with Crippen molar-refractivity contribution in [2.45, 2.75) is 39.2 Å². The molecule has 5 nitrogen and oxygen atoms in total. The Labute approximate surface area is 187 Å². The predicted octanol–water partition coefficient (Wildman–Crippen LogP) is 6.18. The van der Waals surface area contributed by atoms with Crippen molar-refractivity contribution >= 4 is 34.0 Å². The summed E-state index contributed by atoms with van der Waals surface area (Å²) in [7, 11) is 1.98. The number of fused-ring (bicyclic) bond motifs is 2. The molecular formula is C25H26ClN5. The monoisotopic (exact) mass is 431 g/mol.